The van der Waals surface area contributed by atoms with Crippen LogP contribution < -0.4 is 0 Å². The third kappa shape index (κ3) is 2.51. The summed E-state index contributed by atoms with van der Waals surface area (Å²) >= 11 is 0. The molecule has 0 radical (unpaired) electrons. The molecule has 0 aromatic carbocycles. The van der Waals surface area contributed by atoms with Crippen LogP contribution in [0.2, 0.25) is 0 Å². The number of ether oxygens (including phenoxy) is 1. The number of rotatable bonds is 3. The highest BCUT2D eigenvalue weighted by Crippen LogP contribution is 2.20. The maximum atomic E-state index is 11.5. The summed E-state index contributed by atoms with van der Waals surface area (Å²) in [5, 5.41) is 0. The SMILES string of the molecule is O=C(OC1CCCCC1)C(=O)c1ccco1. The summed E-state index contributed by atoms with van der Waals surface area (Å²) < 4.78 is 9.98. The van der Waals surface area contributed by atoms with E-state index in [0.717, 1.165) is 25.7 Å². The molecule has 86 valence electrons. The van der Waals surface area contributed by atoms with Gasteiger partial charge in [0, 0.05) is 0 Å². The van der Waals surface area contributed by atoms with Crippen LogP contribution in [0.3, 0.4) is 0 Å². The van der Waals surface area contributed by atoms with Gasteiger partial charge in [-0.25, -0.2) is 4.79 Å². The lowest BCUT2D eigenvalue weighted by molar-refractivity contribution is -0.144. The summed E-state index contributed by atoms with van der Waals surface area (Å²) in [7, 11) is 0. The van der Waals surface area contributed by atoms with E-state index in [1.54, 1.807) is 6.07 Å². The highest BCUT2D eigenvalue weighted by molar-refractivity contribution is 6.39. The fourth-order valence-corrected chi connectivity index (χ4v) is 1.90. The molecule has 1 aliphatic carbocycles. The first-order chi connectivity index (χ1) is 7.77. The van der Waals surface area contributed by atoms with Crippen LogP contribution in [-0.4, -0.2) is 17.9 Å². The van der Waals surface area contributed by atoms with Gasteiger partial charge in [-0.05, 0) is 37.8 Å². The topological polar surface area (TPSA) is 56.5 Å². The van der Waals surface area contributed by atoms with Gasteiger partial charge in [-0.1, -0.05) is 6.42 Å². The molecule has 1 heterocycles. The van der Waals surface area contributed by atoms with E-state index in [0.29, 0.717) is 0 Å². The molecule has 0 atom stereocenters. The molecule has 1 aromatic rings. The van der Waals surface area contributed by atoms with E-state index < -0.39 is 11.8 Å². The van der Waals surface area contributed by atoms with Crippen molar-refractivity contribution in [3.05, 3.63) is 24.2 Å². The van der Waals surface area contributed by atoms with Gasteiger partial charge in [0.1, 0.15) is 6.10 Å². The second-order valence-electron chi connectivity index (χ2n) is 3.97. The zero-order valence-corrected chi connectivity index (χ0v) is 8.98. The quantitative estimate of drug-likeness (QED) is 0.447. The molecule has 0 spiro atoms. The average Bonchev–Trinajstić information content (AvgIpc) is 2.83. The van der Waals surface area contributed by atoms with Crippen molar-refractivity contribution in [3.8, 4) is 0 Å². The van der Waals surface area contributed by atoms with E-state index in [1.165, 1.54) is 18.8 Å². The summed E-state index contributed by atoms with van der Waals surface area (Å²) in [5.41, 5.74) is 0. The monoisotopic (exact) mass is 222 g/mol. The molecule has 4 nitrogen and oxygen atoms in total. The Kier molecular flexibility index (Phi) is 3.39. The molecule has 0 saturated heterocycles. The zero-order chi connectivity index (χ0) is 11.4. The predicted molar refractivity (Wildman–Crippen MR) is 56.0 cm³/mol. The number of hydrogen-bond donors (Lipinski definition) is 0. The molecular weight excluding hydrogens is 208 g/mol. The molecule has 4 heteroatoms. The number of furan rings is 1. The molecule has 1 aromatic heterocycles. The summed E-state index contributed by atoms with van der Waals surface area (Å²) in [6.45, 7) is 0. The molecule has 0 amide bonds. The number of carbonyl (C=O) groups is 2. The highest BCUT2D eigenvalue weighted by Gasteiger charge is 2.25. The Morgan fingerprint density at radius 1 is 1.25 bits per heavy atom. The van der Waals surface area contributed by atoms with E-state index in [1.807, 2.05) is 0 Å². The van der Waals surface area contributed by atoms with Crippen molar-refractivity contribution in [1.82, 2.24) is 0 Å². The van der Waals surface area contributed by atoms with Gasteiger partial charge in [-0.2, -0.15) is 0 Å². The van der Waals surface area contributed by atoms with Crippen LogP contribution in [0.25, 0.3) is 0 Å². The molecule has 1 aliphatic rings. The Morgan fingerprint density at radius 2 is 2.00 bits per heavy atom. The van der Waals surface area contributed by atoms with E-state index in [-0.39, 0.29) is 11.9 Å². The fourth-order valence-electron chi connectivity index (χ4n) is 1.90. The van der Waals surface area contributed by atoms with E-state index >= 15 is 0 Å². The van der Waals surface area contributed by atoms with Gasteiger partial charge in [0.2, 0.25) is 0 Å². The van der Waals surface area contributed by atoms with E-state index in [9.17, 15) is 9.59 Å². The van der Waals surface area contributed by atoms with Crippen molar-refractivity contribution >= 4 is 11.8 Å². The molecule has 2 rings (SSSR count). The van der Waals surface area contributed by atoms with Gasteiger partial charge >= 0.3 is 11.8 Å². The fraction of sp³-hybridized carbons (Fsp3) is 0.500. The van der Waals surface area contributed by atoms with Crippen LogP contribution in [0, 0.1) is 0 Å². The van der Waals surface area contributed by atoms with E-state index in [4.69, 9.17) is 9.15 Å². The van der Waals surface area contributed by atoms with Crippen molar-refractivity contribution in [2.24, 2.45) is 0 Å². The van der Waals surface area contributed by atoms with Gasteiger partial charge in [-0.3, -0.25) is 4.79 Å². The molecule has 0 N–H and O–H groups in total. The maximum Gasteiger partial charge on any atom is 0.383 e. The Bertz CT molecular complexity index is 360. The zero-order valence-electron chi connectivity index (χ0n) is 8.98. The number of hydrogen-bond acceptors (Lipinski definition) is 4. The van der Waals surface area contributed by atoms with Crippen LogP contribution in [0.15, 0.2) is 22.8 Å². The molecule has 1 saturated carbocycles. The number of ketones is 1. The Labute approximate surface area is 93.6 Å². The normalized spacial score (nSPS) is 17.0. The van der Waals surface area contributed by atoms with Crippen LogP contribution >= 0.6 is 0 Å². The predicted octanol–water partition coefficient (Wildman–Crippen LogP) is 2.34. The van der Waals surface area contributed by atoms with Gasteiger partial charge in [0.05, 0.1) is 6.26 Å². The van der Waals surface area contributed by atoms with Crippen molar-refractivity contribution in [2.75, 3.05) is 0 Å². The first-order valence-corrected chi connectivity index (χ1v) is 5.56. The van der Waals surface area contributed by atoms with Gasteiger partial charge in [0.15, 0.2) is 5.76 Å². The molecule has 16 heavy (non-hydrogen) atoms. The van der Waals surface area contributed by atoms with Crippen LogP contribution in [-0.2, 0) is 9.53 Å². The van der Waals surface area contributed by atoms with Gasteiger partial charge < -0.3 is 9.15 Å². The molecular formula is C12H14O4. The Balaban J connectivity index is 1.90. The lowest BCUT2D eigenvalue weighted by Crippen LogP contribution is -2.25. The Morgan fingerprint density at radius 3 is 2.62 bits per heavy atom. The molecule has 0 aliphatic heterocycles. The second-order valence-corrected chi connectivity index (χ2v) is 3.97. The molecule has 0 unspecified atom stereocenters. The second kappa shape index (κ2) is 4.96. The number of esters is 1. The van der Waals surface area contributed by atoms with Crippen molar-refractivity contribution < 1.29 is 18.7 Å². The molecule has 1 fully saturated rings. The standard InChI is InChI=1S/C12H14O4/c13-11(10-7-4-8-15-10)12(14)16-9-5-2-1-3-6-9/h4,7-9H,1-3,5-6H2. The minimum atomic E-state index is -0.804. The van der Waals surface area contributed by atoms with Crippen molar-refractivity contribution in [3.63, 3.8) is 0 Å². The van der Waals surface area contributed by atoms with E-state index in [2.05, 4.69) is 0 Å². The lowest BCUT2D eigenvalue weighted by atomic mass is 9.98. The van der Waals surface area contributed by atoms with Gasteiger partial charge in [0.25, 0.3) is 0 Å². The minimum Gasteiger partial charge on any atom is -0.461 e. The average molecular weight is 222 g/mol. The van der Waals surface area contributed by atoms with Crippen LogP contribution in [0.4, 0.5) is 0 Å². The summed E-state index contributed by atoms with van der Waals surface area (Å²) in [6, 6.07) is 3.03. The maximum absolute atomic E-state index is 11.5. The number of Topliss-reactive ketones (excluding diaryl/α,β-unsaturated/α-hetero) is 1. The van der Waals surface area contributed by atoms with Crippen LogP contribution in [0.1, 0.15) is 42.7 Å². The van der Waals surface area contributed by atoms with Crippen molar-refractivity contribution in [2.45, 2.75) is 38.2 Å². The summed E-state index contributed by atoms with van der Waals surface area (Å²) in [6.07, 6.45) is 6.29. The van der Waals surface area contributed by atoms with Crippen LogP contribution in [0.5, 0.6) is 0 Å². The highest BCUT2D eigenvalue weighted by atomic mass is 16.5. The smallest absolute Gasteiger partial charge is 0.383 e. The first-order valence-electron chi connectivity index (χ1n) is 5.56. The molecule has 0 bridgehead atoms. The summed E-state index contributed by atoms with van der Waals surface area (Å²) in [4.78, 5) is 23.0. The van der Waals surface area contributed by atoms with Gasteiger partial charge in [-0.15, -0.1) is 0 Å². The first kappa shape index (κ1) is 10.9. The lowest BCUT2D eigenvalue weighted by Gasteiger charge is -2.21. The minimum absolute atomic E-state index is 0.0424. The Hall–Kier alpha value is -1.58. The largest absolute Gasteiger partial charge is 0.461 e. The number of carbonyl (C=O) groups excluding carboxylic acids is 2. The third-order valence-corrected chi connectivity index (χ3v) is 2.76. The third-order valence-electron chi connectivity index (χ3n) is 2.76. The van der Waals surface area contributed by atoms with Crippen molar-refractivity contribution in [1.29, 1.82) is 0 Å². The summed E-state index contributed by atoms with van der Waals surface area (Å²) in [5.74, 6) is -1.46.